The van der Waals surface area contributed by atoms with E-state index >= 15 is 0 Å². The first-order chi connectivity index (χ1) is 17.6. The Bertz CT molecular complexity index is 1320. The number of hydrogen-bond acceptors (Lipinski definition) is 5. The fourth-order valence-corrected chi connectivity index (χ4v) is 5.50. The van der Waals surface area contributed by atoms with Gasteiger partial charge in [-0.25, -0.2) is 9.97 Å². The van der Waals surface area contributed by atoms with Gasteiger partial charge < -0.3 is 25.5 Å². The minimum absolute atomic E-state index is 0. The highest BCUT2D eigenvalue weighted by molar-refractivity contribution is 5.74. The summed E-state index contributed by atoms with van der Waals surface area (Å²) < 4.78 is 0. The molecule has 2 aromatic heterocycles. The van der Waals surface area contributed by atoms with E-state index in [-0.39, 0.29) is 5.71 Å². The van der Waals surface area contributed by atoms with Crippen molar-refractivity contribution in [2.45, 2.75) is 44.3 Å². The Morgan fingerprint density at radius 3 is 1.89 bits per heavy atom. The van der Waals surface area contributed by atoms with E-state index in [0.717, 1.165) is 61.1 Å². The van der Waals surface area contributed by atoms with Crippen LogP contribution < -0.4 is 10.6 Å². The number of nitrogens with one attached hydrogen (secondary N) is 4. The molecule has 2 saturated heterocycles. The van der Waals surface area contributed by atoms with E-state index in [2.05, 4.69) is 92.0 Å². The Hall–Kier alpha value is -3.26. The SMILES string of the molecule is CN(C)Cc1cc(-c2cnc([C@@H]3CCCN3)[nH]2)ccc1-c1ccc(-c2cnc([C@@H]3CCCN3)[nH]2)cc1.[HH].[HH].[HH].[HH]. The summed E-state index contributed by atoms with van der Waals surface area (Å²) in [5.74, 6) is 2.09. The summed E-state index contributed by atoms with van der Waals surface area (Å²) in [4.78, 5) is 18.6. The van der Waals surface area contributed by atoms with Crippen molar-refractivity contribution in [3.63, 3.8) is 0 Å². The molecule has 2 aliphatic heterocycles. The summed E-state index contributed by atoms with van der Waals surface area (Å²) >= 11 is 0. The normalized spacial score (nSPS) is 20.0. The molecule has 4 heterocycles. The zero-order valence-electron chi connectivity index (χ0n) is 21.1. The van der Waals surface area contributed by atoms with Crippen LogP contribution in [0.2, 0.25) is 0 Å². The van der Waals surface area contributed by atoms with Crippen molar-refractivity contribution in [3.8, 4) is 33.6 Å². The first-order valence-corrected chi connectivity index (χ1v) is 13.1. The third-order valence-electron chi connectivity index (χ3n) is 7.38. The van der Waals surface area contributed by atoms with E-state index in [4.69, 9.17) is 0 Å². The molecular formula is C29H43N7. The summed E-state index contributed by atoms with van der Waals surface area (Å²) in [5.41, 5.74) is 8.27. The van der Waals surface area contributed by atoms with Gasteiger partial charge in [-0.2, -0.15) is 0 Å². The minimum atomic E-state index is 0. The molecule has 2 aliphatic rings. The molecule has 2 fully saturated rings. The number of nitrogens with zero attached hydrogens (tertiary/aromatic N) is 3. The predicted molar refractivity (Wildman–Crippen MR) is 153 cm³/mol. The lowest BCUT2D eigenvalue weighted by Crippen LogP contribution is -2.14. The topological polar surface area (TPSA) is 84.7 Å². The standard InChI is InChI=1S/C29H35N7.4H2/c1-36(2)18-22-15-21(27-17-33-29(35-27)25-6-4-14-31-25)11-12-23(22)19-7-9-20(10-8-19)26-16-32-28(34-26)24-5-3-13-30-24;;;;/h7-12,15-17,24-25,30-31H,3-6,13-14,18H2,1-2H3,(H,32,34)(H,33,35);4*1H/t24-,25-;;;;/m0..../s1. The van der Waals surface area contributed by atoms with Crippen molar-refractivity contribution in [1.29, 1.82) is 0 Å². The van der Waals surface area contributed by atoms with E-state index in [1.807, 2.05) is 12.4 Å². The van der Waals surface area contributed by atoms with E-state index in [1.165, 1.54) is 35.1 Å². The molecule has 2 aromatic carbocycles. The zero-order valence-corrected chi connectivity index (χ0v) is 21.1. The van der Waals surface area contributed by atoms with Gasteiger partial charge >= 0.3 is 0 Å². The summed E-state index contributed by atoms with van der Waals surface area (Å²) in [7, 11) is 4.24. The van der Waals surface area contributed by atoms with Crippen molar-refractivity contribution in [1.82, 2.24) is 35.5 Å². The van der Waals surface area contributed by atoms with E-state index in [1.54, 1.807) is 0 Å². The van der Waals surface area contributed by atoms with Gasteiger partial charge in [0.15, 0.2) is 0 Å². The maximum absolute atomic E-state index is 4.67. The molecule has 2 atom stereocenters. The highest BCUT2D eigenvalue weighted by atomic mass is 15.1. The van der Waals surface area contributed by atoms with Crippen molar-refractivity contribution in [2.75, 3.05) is 27.2 Å². The molecule has 0 unspecified atom stereocenters. The van der Waals surface area contributed by atoms with Crippen LogP contribution >= 0.6 is 0 Å². The molecule has 0 saturated carbocycles. The van der Waals surface area contributed by atoms with Gasteiger partial charge in [0, 0.05) is 12.3 Å². The molecule has 0 bridgehead atoms. The van der Waals surface area contributed by atoms with Crippen molar-refractivity contribution in [3.05, 3.63) is 72.1 Å². The molecule has 4 N–H and O–H groups in total. The Morgan fingerprint density at radius 2 is 1.33 bits per heavy atom. The van der Waals surface area contributed by atoms with Gasteiger partial charge in [-0.05, 0) is 86.8 Å². The van der Waals surface area contributed by atoms with Gasteiger partial charge in [-0.3, -0.25) is 0 Å². The number of hydrogen-bond donors (Lipinski definition) is 4. The van der Waals surface area contributed by atoms with E-state index in [0.29, 0.717) is 12.1 Å². The monoisotopic (exact) mass is 489 g/mol. The number of benzene rings is 2. The molecule has 7 heteroatoms. The smallest absolute Gasteiger partial charge is 0.123 e. The largest absolute Gasteiger partial charge is 0.341 e. The molecule has 0 spiro atoms. The number of aromatic nitrogens is 4. The third-order valence-corrected chi connectivity index (χ3v) is 7.38. The summed E-state index contributed by atoms with van der Waals surface area (Å²) in [5, 5.41) is 7.04. The van der Waals surface area contributed by atoms with Gasteiger partial charge in [-0.1, -0.05) is 36.4 Å². The maximum Gasteiger partial charge on any atom is 0.123 e. The predicted octanol–water partition coefficient (Wildman–Crippen LogP) is 6.03. The second-order valence-corrected chi connectivity index (χ2v) is 10.3. The van der Waals surface area contributed by atoms with Crippen LogP contribution in [0.15, 0.2) is 54.9 Å². The fourth-order valence-electron chi connectivity index (χ4n) is 5.50. The lowest BCUT2D eigenvalue weighted by Gasteiger charge is -2.16. The average molecular weight is 490 g/mol. The number of H-pyrrole nitrogens is 2. The average Bonchev–Trinajstić information content (AvgIpc) is 3.70. The first kappa shape index (κ1) is 23.2. The lowest BCUT2D eigenvalue weighted by molar-refractivity contribution is 0.403. The van der Waals surface area contributed by atoms with Crippen molar-refractivity contribution >= 4 is 0 Å². The highest BCUT2D eigenvalue weighted by Gasteiger charge is 2.20. The molecule has 0 aliphatic carbocycles. The van der Waals surface area contributed by atoms with Gasteiger partial charge in [-0.15, -0.1) is 0 Å². The summed E-state index contributed by atoms with van der Waals surface area (Å²) in [6.45, 7) is 3.01. The Kier molecular flexibility index (Phi) is 6.44. The van der Waals surface area contributed by atoms with Crippen LogP contribution in [-0.2, 0) is 6.54 Å². The second-order valence-electron chi connectivity index (χ2n) is 10.3. The molecule has 0 radical (unpaired) electrons. The van der Waals surface area contributed by atoms with Crippen LogP contribution in [0.25, 0.3) is 33.6 Å². The zero-order chi connectivity index (χ0) is 24.5. The molecule has 4 aromatic rings. The van der Waals surface area contributed by atoms with Gasteiger partial charge in [0.2, 0.25) is 0 Å². The molecule has 194 valence electrons. The molecule has 6 rings (SSSR count). The molecule has 7 nitrogen and oxygen atoms in total. The second kappa shape index (κ2) is 10.0. The third kappa shape index (κ3) is 4.74. The van der Waals surface area contributed by atoms with Crippen LogP contribution in [0, 0.1) is 0 Å². The molecular weight excluding hydrogens is 446 g/mol. The van der Waals surface area contributed by atoms with E-state index < -0.39 is 0 Å². The number of imidazole rings is 2. The van der Waals surface area contributed by atoms with Crippen molar-refractivity contribution < 1.29 is 5.71 Å². The van der Waals surface area contributed by atoms with Crippen LogP contribution in [0.1, 0.15) is 60.7 Å². The molecule has 36 heavy (non-hydrogen) atoms. The van der Waals surface area contributed by atoms with Crippen LogP contribution in [0.5, 0.6) is 0 Å². The minimum Gasteiger partial charge on any atom is -0.341 e. The van der Waals surface area contributed by atoms with Crippen LogP contribution in [0.4, 0.5) is 0 Å². The van der Waals surface area contributed by atoms with Gasteiger partial charge in [0.05, 0.1) is 35.9 Å². The Labute approximate surface area is 218 Å². The lowest BCUT2D eigenvalue weighted by atomic mass is 9.95. The first-order valence-electron chi connectivity index (χ1n) is 13.1. The Balaban J connectivity index is 0.00000140. The maximum atomic E-state index is 4.67. The number of aromatic amines is 2. The van der Waals surface area contributed by atoms with Crippen molar-refractivity contribution in [2.24, 2.45) is 0 Å². The summed E-state index contributed by atoms with van der Waals surface area (Å²) in [6, 6.07) is 16.3. The molecule has 0 amide bonds. The summed E-state index contributed by atoms with van der Waals surface area (Å²) in [6.07, 6.45) is 8.64. The number of rotatable bonds is 7. The van der Waals surface area contributed by atoms with Gasteiger partial charge in [0.1, 0.15) is 11.6 Å². The van der Waals surface area contributed by atoms with E-state index in [9.17, 15) is 0 Å². The van der Waals surface area contributed by atoms with Crippen LogP contribution in [0.3, 0.4) is 0 Å². The van der Waals surface area contributed by atoms with Gasteiger partial charge in [0.25, 0.3) is 0 Å². The quantitative estimate of drug-likeness (QED) is 0.255. The fraction of sp³-hybridized carbons (Fsp3) is 0.379. The van der Waals surface area contributed by atoms with Crippen LogP contribution in [-0.4, -0.2) is 52.0 Å². The highest BCUT2D eigenvalue weighted by Crippen LogP contribution is 2.32. The Morgan fingerprint density at radius 1 is 0.778 bits per heavy atom.